The molecule has 0 aliphatic heterocycles. The van der Waals surface area contributed by atoms with Gasteiger partial charge in [-0.05, 0) is 82.9 Å². The van der Waals surface area contributed by atoms with E-state index in [9.17, 15) is 43.2 Å². The molecule has 0 bridgehead atoms. The van der Waals surface area contributed by atoms with Gasteiger partial charge in [0.1, 0.15) is 47.8 Å². The van der Waals surface area contributed by atoms with Crippen LogP contribution in [0, 0.1) is 0 Å². The van der Waals surface area contributed by atoms with Crippen LogP contribution in [-0.4, -0.2) is 127 Å². The molecular formula is C50H67N5O13PS2+. The molecule has 3 rings (SSSR count). The average Bonchev–Trinajstić information content (AvgIpc) is 3.36. The number of nitrogens with two attached hydrogens (primary N) is 1. The minimum absolute atomic E-state index is 0.0318. The first-order valence-corrected chi connectivity index (χ1v) is 28.0. The fraction of sp³-hybridized carbons (Fsp3) is 0.460. The summed E-state index contributed by atoms with van der Waals surface area (Å²) in [6.07, 6.45) is 0.673. The predicted octanol–water partition coefficient (Wildman–Crippen LogP) is 3.11. The quantitative estimate of drug-likeness (QED) is 0.0165. The number of unbranched alkanes of at least 4 members (excludes halogenated alkanes) is 1. The molecule has 0 aliphatic carbocycles. The van der Waals surface area contributed by atoms with Gasteiger partial charge in [0.25, 0.3) is 0 Å². The van der Waals surface area contributed by atoms with Crippen LogP contribution in [0.3, 0.4) is 0 Å². The number of carbonyl (C=O) groups is 9. The fourth-order valence-corrected chi connectivity index (χ4v) is 14.0. The largest absolute Gasteiger partial charge is 0.480 e. The molecule has 71 heavy (non-hydrogen) atoms. The lowest BCUT2D eigenvalue weighted by Gasteiger charge is -2.27. The molecule has 3 aromatic rings. The van der Waals surface area contributed by atoms with Gasteiger partial charge in [-0.2, -0.15) is 0 Å². The summed E-state index contributed by atoms with van der Waals surface area (Å²) in [6.45, 7) is 4.57. The van der Waals surface area contributed by atoms with E-state index in [-0.39, 0.29) is 82.2 Å². The van der Waals surface area contributed by atoms with Crippen LogP contribution in [0.2, 0.25) is 0 Å². The molecule has 4 amide bonds. The van der Waals surface area contributed by atoms with Gasteiger partial charge in [-0.15, -0.1) is 0 Å². The lowest BCUT2D eigenvalue weighted by Crippen LogP contribution is -2.49. The van der Waals surface area contributed by atoms with Crippen LogP contribution in [-0.2, 0) is 57.4 Å². The van der Waals surface area contributed by atoms with Crippen LogP contribution in [0.1, 0.15) is 78.6 Å². The number of ketones is 1. The number of esters is 3. The van der Waals surface area contributed by atoms with E-state index in [4.69, 9.17) is 25.1 Å². The third kappa shape index (κ3) is 21.2. The van der Waals surface area contributed by atoms with Crippen LogP contribution < -0.4 is 42.9 Å². The standard InChI is InChI=1S/C50H66N5O13PS2/c1-4-66-46(60)30-27-42(56)40(33-70-71-34-41(48(62)52-32-47(61)67-5-2)55-44(58)28-25-38(51)49(63)64)54-45(59)29-26-39(50(65)68-6-3)53-43(57)24-16-17-31-69(35-18-10-7-11-19-35,36-20-12-8-13-21-36)37-22-14-9-15-23-37/h7-15,18-23,38-41H,4-6,16-17,24-34,51H2,1-3H3,(H4-,52,53,54,55,57,58,59,62,63,64)/p+1/t38-,39-,40-,41-/m0/s1. The molecule has 0 unspecified atom stereocenters. The van der Waals surface area contributed by atoms with E-state index in [0.29, 0.717) is 12.8 Å². The number of hydrogen-bond acceptors (Lipinski definition) is 15. The number of carboxylic acids is 1. The Morgan fingerprint density at radius 2 is 1.03 bits per heavy atom. The predicted molar refractivity (Wildman–Crippen MR) is 276 cm³/mol. The molecule has 21 heteroatoms. The number of ether oxygens (including phenoxy) is 3. The molecule has 18 nitrogen and oxygen atoms in total. The minimum atomic E-state index is -2.12. The normalized spacial score (nSPS) is 12.7. The van der Waals surface area contributed by atoms with Gasteiger partial charge in [-0.1, -0.05) is 76.2 Å². The van der Waals surface area contributed by atoms with Crippen molar-refractivity contribution in [3.8, 4) is 0 Å². The van der Waals surface area contributed by atoms with E-state index in [1.54, 1.807) is 20.8 Å². The molecule has 0 saturated heterocycles. The van der Waals surface area contributed by atoms with Gasteiger partial charge in [-0.3, -0.25) is 38.4 Å². The van der Waals surface area contributed by atoms with Crippen LogP contribution in [0.4, 0.5) is 0 Å². The SMILES string of the molecule is CCOC(=O)CCC(=O)[C@H](CSSC[C@H](NC(=O)CC[C@H](N)C(=O)O)C(=O)NCC(=O)OCC)NC(=O)CC[C@H](NC(=O)CCCC[P+](c1ccccc1)(c1ccccc1)c1ccccc1)C(=O)OCC. The number of amides is 4. The van der Waals surface area contributed by atoms with Gasteiger partial charge in [0.2, 0.25) is 23.6 Å². The summed E-state index contributed by atoms with van der Waals surface area (Å²) in [4.78, 5) is 114. The van der Waals surface area contributed by atoms with Crippen molar-refractivity contribution in [2.75, 3.05) is 44.0 Å². The number of rotatable bonds is 34. The van der Waals surface area contributed by atoms with Crippen molar-refractivity contribution in [1.29, 1.82) is 0 Å². The molecule has 0 saturated carbocycles. The highest BCUT2D eigenvalue weighted by molar-refractivity contribution is 8.76. The van der Waals surface area contributed by atoms with Crippen LogP contribution in [0.25, 0.3) is 0 Å². The van der Waals surface area contributed by atoms with Crippen molar-refractivity contribution >= 4 is 98.1 Å². The second kappa shape index (κ2) is 32.9. The van der Waals surface area contributed by atoms with E-state index in [2.05, 4.69) is 57.7 Å². The van der Waals surface area contributed by atoms with Crippen LogP contribution in [0.15, 0.2) is 91.0 Å². The summed E-state index contributed by atoms with van der Waals surface area (Å²) in [6, 6.07) is 26.4. The number of benzene rings is 3. The summed E-state index contributed by atoms with van der Waals surface area (Å²) in [7, 11) is 0.00293. The number of Topliss-reactive ketones (excluding diaryl/α,β-unsaturated/α-hetero) is 1. The maximum absolute atomic E-state index is 13.5. The molecule has 0 fully saturated rings. The van der Waals surface area contributed by atoms with Crippen molar-refractivity contribution in [3.63, 3.8) is 0 Å². The Labute approximate surface area is 423 Å². The Morgan fingerprint density at radius 1 is 0.563 bits per heavy atom. The number of aliphatic carboxylic acids is 1. The first kappa shape index (κ1) is 59.5. The molecule has 3 aromatic carbocycles. The zero-order valence-corrected chi connectivity index (χ0v) is 43.0. The molecule has 7 N–H and O–H groups in total. The topological polar surface area (TPSA) is 276 Å². The second-order valence-corrected chi connectivity index (χ2v) is 22.2. The van der Waals surface area contributed by atoms with E-state index >= 15 is 0 Å². The van der Waals surface area contributed by atoms with Gasteiger partial charge >= 0.3 is 23.9 Å². The highest BCUT2D eigenvalue weighted by Gasteiger charge is 2.44. The lowest BCUT2D eigenvalue weighted by molar-refractivity contribution is -0.148. The maximum atomic E-state index is 13.5. The summed E-state index contributed by atoms with van der Waals surface area (Å²) in [5.74, 6) is -6.42. The van der Waals surface area contributed by atoms with Gasteiger partial charge in [0.05, 0.1) is 38.4 Å². The molecular weight excluding hydrogens is 974 g/mol. The van der Waals surface area contributed by atoms with Crippen molar-refractivity contribution < 1.29 is 62.5 Å². The molecule has 4 atom stereocenters. The summed E-state index contributed by atoms with van der Waals surface area (Å²) < 4.78 is 15.1. The Balaban J connectivity index is 1.67. The molecule has 0 spiro atoms. The monoisotopic (exact) mass is 1040 g/mol. The first-order valence-electron chi connectivity index (χ1n) is 23.6. The molecule has 0 aliphatic rings. The molecule has 0 radical (unpaired) electrons. The van der Waals surface area contributed by atoms with Gasteiger partial charge in [-0.25, -0.2) is 4.79 Å². The van der Waals surface area contributed by atoms with Crippen LogP contribution >= 0.6 is 28.9 Å². The summed E-state index contributed by atoms with van der Waals surface area (Å²) in [5.41, 5.74) is 5.52. The van der Waals surface area contributed by atoms with E-state index < -0.39 is 85.4 Å². The Bertz CT molecular complexity index is 2100. The van der Waals surface area contributed by atoms with Crippen molar-refractivity contribution in [2.24, 2.45) is 5.73 Å². The van der Waals surface area contributed by atoms with Gasteiger partial charge in [0.15, 0.2) is 5.78 Å². The number of nitrogens with one attached hydrogen (secondary N) is 4. The van der Waals surface area contributed by atoms with E-state index in [1.807, 2.05) is 54.6 Å². The number of carbonyl (C=O) groups excluding carboxylic acids is 8. The van der Waals surface area contributed by atoms with Gasteiger partial charge < -0.3 is 46.3 Å². The van der Waals surface area contributed by atoms with E-state index in [0.717, 1.165) is 27.7 Å². The highest BCUT2D eigenvalue weighted by atomic mass is 33.1. The average molecular weight is 1040 g/mol. The third-order valence-corrected chi connectivity index (χ3v) is 17.8. The fourth-order valence-electron chi connectivity index (χ4n) is 7.25. The van der Waals surface area contributed by atoms with Crippen LogP contribution in [0.5, 0.6) is 0 Å². The molecule has 386 valence electrons. The number of carboxylic acid groups (broad SMARTS) is 1. The Morgan fingerprint density at radius 3 is 1.55 bits per heavy atom. The zero-order valence-electron chi connectivity index (χ0n) is 40.5. The molecule has 0 heterocycles. The smallest absolute Gasteiger partial charge is 0.328 e. The van der Waals surface area contributed by atoms with Crippen molar-refractivity contribution in [2.45, 2.75) is 103 Å². The summed E-state index contributed by atoms with van der Waals surface area (Å²) >= 11 is 0. The Hall–Kier alpha value is -5.82. The van der Waals surface area contributed by atoms with Gasteiger partial charge in [0, 0.05) is 37.2 Å². The maximum Gasteiger partial charge on any atom is 0.328 e. The Kier molecular flexibility index (Phi) is 27.6. The third-order valence-electron chi connectivity index (χ3n) is 10.8. The second-order valence-electron chi connectivity index (χ2n) is 16.0. The van der Waals surface area contributed by atoms with Crippen molar-refractivity contribution in [3.05, 3.63) is 91.0 Å². The number of hydrogen-bond donors (Lipinski definition) is 6. The highest BCUT2D eigenvalue weighted by Crippen LogP contribution is 2.56. The minimum Gasteiger partial charge on any atom is -0.480 e. The first-order chi connectivity index (χ1) is 34.1. The summed E-state index contributed by atoms with van der Waals surface area (Å²) in [5, 5.41) is 23.1. The van der Waals surface area contributed by atoms with E-state index in [1.165, 1.54) is 15.9 Å². The lowest BCUT2D eigenvalue weighted by atomic mass is 10.1. The molecule has 0 aromatic heterocycles. The van der Waals surface area contributed by atoms with Crippen molar-refractivity contribution in [1.82, 2.24) is 21.3 Å². The zero-order chi connectivity index (χ0) is 52.0.